The van der Waals surface area contributed by atoms with Crippen molar-refractivity contribution < 1.29 is 19.0 Å². The van der Waals surface area contributed by atoms with E-state index in [1.165, 1.54) is 25.2 Å². The molecule has 0 radical (unpaired) electrons. The highest BCUT2D eigenvalue weighted by atomic mass is 19.1. The SMILES string of the molecule is COc1c(F)cc(CCC(C)C)cc1[C@@H](C(=O)O)N1CC[C@@H](N(C)CCCCCc2ccc3c(n2)NCCC3)C1. The first-order valence-corrected chi connectivity index (χ1v) is 15.0. The number of hydrogen-bond donors (Lipinski definition) is 2. The Kier molecular flexibility index (Phi) is 10.8. The molecule has 0 bridgehead atoms. The van der Waals surface area contributed by atoms with Crippen molar-refractivity contribution in [2.45, 2.75) is 83.7 Å². The minimum atomic E-state index is -0.965. The molecule has 40 heavy (non-hydrogen) atoms. The Morgan fingerprint density at radius 2 is 2.08 bits per heavy atom. The second kappa shape index (κ2) is 14.3. The van der Waals surface area contributed by atoms with Gasteiger partial charge in [0.05, 0.1) is 7.11 Å². The number of carboxylic acid groups (broad SMARTS) is 1. The van der Waals surface area contributed by atoms with Crippen molar-refractivity contribution >= 4 is 11.8 Å². The molecule has 0 saturated carbocycles. The van der Waals surface area contributed by atoms with Gasteiger partial charge in [-0.3, -0.25) is 9.69 Å². The number of nitrogens with zero attached hydrogens (tertiary/aromatic N) is 3. The van der Waals surface area contributed by atoms with E-state index in [1.54, 1.807) is 0 Å². The summed E-state index contributed by atoms with van der Waals surface area (Å²) in [6.45, 7) is 7.54. The molecule has 1 fully saturated rings. The summed E-state index contributed by atoms with van der Waals surface area (Å²) in [5.74, 6) is 0.141. The third kappa shape index (κ3) is 7.72. The van der Waals surface area contributed by atoms with Crippen LogP contribution < -0.4 is 10.1 Å². The van der Waals surface area contributed by atoms with Gasteiger partial charge in [-0.2, -0.15) is 0 Å². The lowest BCUT2D eigenvalue weighted by Gasteiger charge is -2.28. The van der Waals surface area contributed by atoms with Crippen molar-refractivity contribution in [3.05, 3.63) is 52.5 Å². The summed E-state index contributed by atoms with van der Waals surface area (Å²) >= 11 is 0. The zero-order valence-electron chi connectivity index (χ0n) is 24.7. The lowest BCUT2D eigenvalue weighted by molar-refractivity contribution is -0.143. The second-order valence-electron chi connectivity index (χ2n) is 11.9. The quantitative estimate of drug-likeness (QED) is 0.289. The van der Waals surface area contributed by atoms with E-state index >= 15 is 0 Å². The topological polar surface area (TPSA) is 77.9 Å². The zero-order valence-corrected chi connectivity index (χ0v) is 24.7. The van der Waals surface area contributed by atoms with E-state index in [4.69, 9.17) is 9.72 Å². The minimum Gasteiger partial charge on any atom is -0.493 e. The number of carbonyl (C=O) groups is 1. The van der Waals surface area contributed by atoms with Gasteiger partial charge in [0.2, 0.25) is 0 Å². The number of halogens is 1. The van der Waals surface area contributed by atoms with Crippen LogP contribution in [0.4, 0.5) is 10.2 Å². The maximum atomic E-state index is 15.0. The van der Waals surface area contributed by atoms with Crippen LogP contribution in [0.2, 0.25) is 0 Å². The largest absolute Gasteiger partial charge is 0.493 e. The van der Waals surface area contributed by atoms with Crippen molar-refractivity contribution in [2.75, 3.05) is 45.7 Å². The number of anilines is 1. The molecule has 2 aliphatic rings. The average molecular weight is 555 g/mol. The van der Waals surface area contributed by atoms with Crippen LogP contribution >= 0.6 is 0 Å². The number of likely N-dealkylation sites (tertiary alicyclic amines) is 1. The van der Waals surface area contributed by atoms with E-state index < -0.39 is 17.8 Å². The molecule has 0 unspecified atom stereocenters. The standard InChI is InChI=1S/C32H47FN4O3/c1-22(2)11-12-23-19-27(30(40-4)28(33)20-23)29(32(38)39)37-18-15-26(21-37)36(3)17-7-5-6-10-25-14-13-24-9-8-16-34-31(24)35-25/h13-14,19-20,22,26,29H,5-12,15-18,21H2,1-4H3,(H,34,35)(H,38,39)/t26-,29+/m1/s1. The first-order chi connectivity index (χ1) is 19.3. The van der Waals surface area contributed by atoms with Gasteiger partial charge in [-0.1, -0.05) is 26.3 Å². The number of fused-ring (bicyclic) bond motifs is 1. The fourth-order valence-electron chi connectivity index (χ4n) is 6.07. The summed E-state index contributed by atoms with van der Waals surface area (Å²) in [7, 11) is 3.54. The van der Waals surface area contributed by atoms with Crippen molar-refractivity contribution in [2.24, 2.45) is 5.92 Å². The van der Waals surface area contributed by atoms with Crippen LogP contribution in [0.15, 0.2) is 24.3 Å². The number of rotatable bonds is 14. The van der Waals surface area contributed by atoms with E-state index in [0.29, 0.717) is 31.0 Å². The fourth-order valence-corrected chi connectivity index (χ4v) is 6.07. The van der Waals surface area contributed by atoms with Gasteiger partial charge < -0.3 is 20.1 Å². The van der Waals surface area contributed by atoms with E-state index in [1.807, 2.05) is 11.0 Å². The number of nitrogens with one attached hydrogen (secondary N) is 1. The third-order valence-electron chi connectivity index (χ3n) is 8.45. The predicted octanol–water partition coefficient (Wildman–Crippen LogP) is 5.72. The van der Waals surface area contributed by atoms with Gasteiger partial charge in [-0.15, -0.1) is 0 Å². The van der Waals surface area contributed by atoms with Crippen molar-refractivity contribution in [1.29, 1.82) is 0 Å². The Labute approximate surface area is 239 Å². The van der Waals surface area contributed by atoms with Crippen molar-refractivity contribution in [3.63, 3.8) is 0 Å². The number of aliphatic carboxylic acids is 1. The van der Waals surface area contributed by atoms with E-state index in [0.717, 1.165) is 75.1 Å². The van der Waals surface area contributed by atoms with Gasteiger partial charge in [0.15, 0.2) is 11.6 Å². The first-order valence-electron chi connectivity index (χ1n) is 15.0. The minimum absolute atomic E-state index is 0.0432. The molecule has 0 spiro atoms. The van der Waals surface area contributed by atoms with Crippen LogP contribution in [0.3, 0.4) is 0 Å². The normalized spacial score (nSPS) is 18.1. The van der Waals surface area contributed by atoms with E-state index in [9.17, 15) is 14.3 Å². The Morgan fingerprint density at radius 3 is 2.83 bits per heavy atom. The molecule has 1 aromatic heterocycles. The van der Waals surface area contributed by atoms with Crippen molar-refractivity contribution in [3.8, 4) is 5.75 Å². The Hall–Kier alpha value is -2.71. The highest BCUT2D eigenvalue weighted by Gasteiger charge is 2.37. The number of carboxylic acids is 1. The summed E-state index contributed by atoms with van der Waals surface area (Å²) in [6, 6.07) is 7.07. The molecule has 0 amide bonds. The van der Waals surface area contributed by atoms with Crippen LogP contribution in [-0.4, -0.2) is 72.2 Å². The zero-order chi connectivity index (χ0) is 28.6. The lowest BCUT2D eigenvalue weighted by atomic mass is 9.96. The van der Waals surface area contributed by atoms with Gasteiger partial charge in [0.1, 0.15) is 11.9 Å². The number of pyridine rings is 1. The van der Waals surface area contributed by atoms with E-state index in [2.05, 4.69) is 43.2 Å². The number of likely N-dealkylation sites (N-methyl/N-ethyl adjacent to an activating group) is 1. The summed E-state index contributed by atoms with van der Waals surface area (Å²) in [6.07, 6.45) is 9.13. The van der Waals surface area contributed by atoms with Crippen LogP contribution in [0, 0.1) is 11.7 Å². The molecule has 2 aliphatic heterocycles. The van der Waals surface area contributed by atoms with Gasteiger partial charge in [-0.25, -0.2) is 9.37 Å². The van der Waals surface area contributed by atoms with Crippen LogP contribution in [-0.2, 0) is 24.1 Å². The summed E-state index contributed by atoms with van der Waals surface area (Å²) in [4.78, 5) is 21.7. The highest BCUT2D eigenvalue weighted by Crippen LogP contribution is 2.36. The molecule has 3 heterocycles. The van der Waals surface area contributed by atoms with Crippen LogP contribution in [0.5, 0.6) is 5.75 Å². The first kappa shape index (κ1) is 30.3. The van der Waals surface area contributed by atoms with Crippen molar-refractivity contribution in [1.82, 2.24) is 14.8 Å². The Balaban J connectivity index is 1.30. The number of benzene rings is 1. The molecule has 1 aromatic carbocycles. The average Bonchev–Trinajstić information content (AvgIpc) is 3.41. The molecule has 2 N–H and O–H groups in total. The number of aryl methyl sites for hydroxylation is 3. The van der Waals surface area contributed by atoms with Gasteiger partial charge >= 0.3 is 5.97 Å². The summed E-state index contributed by atoms with van der Waals surface area (Å²) in [5, 5.41) is 13.7. The molecule has 2 aromatic rings. The van der Waals surface area contributed by atoms with Gasteiger partial charge in [-0.05, 0) is 100 Å². The third-order valence-corrected chi connectivity index (χ3v) is 8.45. The fraction of sp³-hybridized carbons (Fsp3) is 0.625. The number of methoxy groups -OCH3 is 1. The smallest absolute Gasteiger partial charge is 0.325 e. The monoisotopic (exact) mass is 554 g/mol. The molecule has 2 atom stereocenters. The number of aromatic nitrogens is 1. The van der Waals surface area contributed by atoms with Gasteiger partial charge in [0.25, 0.3) is 0 Å². The molecular formula is C32H47FN4O3. The predicted molar refractivity (Wildman–Crippen MR) is 158 cm³/mol. The maximum absolute atomic E-state index is 15.0. The Morgan fingerprint density at radius 1 is 1.25 bits per heavy atom. The molecule has 0 aliphatic carbocycles. The summed E-state index contributed by atoms with van der Waals surface area (Å²) in [5.41, 5.74) is 3.73. The highest BCUT2D eigenvalue weighted by molar-refractivity contribution is 5.77. The second-order valence-corrected chi connectivity index (χ2v) is 11.9. The molecule has 8 heteroatoms. The van der Waals surface area contributed by atoms with Crippen LogP contribution in [0.1, 0.15) is 80.8 Å². The molecule has 7 nitrogen and oxygen atoms in total. The molecular weight excluding hydrogens is 507 g/mol. The molecule has 4 rings (SSSR count). The number of unbranched alkanes of at least 4 members (excludes halogenated alkanes) is 2. The number of hydrogen-bond acceptors (Lipinski definition) is 6. The maximum Gasteiger partial charge on any atom is 0.325 e. The van der Waals surface area contributed by atoms with E-state index in [-0.39, 0.29) is 11.8 Å². The van der Waals surface area contributed by atoms with Crippen LogP contribution in [0.25, 0.3) is 0 Å². The van der Waals surface area contributed by atoms with Gasteiger partial charge in [0, 0.05) is 36.9 Å². The molecule has 220 valence electrons. The molecule has 1 saturated heterocycles. The Bertz CT molecular complexity index is 1140. The summed E-state index contributed by atoms with van der Waals surface area (Å²) < 4.78 is 20.4. The lowest BCUT2D eigenvalue weighted by Crippen LogP contribution is -2.38. The number of ether oxygens (including phenoxy) is 1.